The Morgan fingerprint density at radius 3 is 2.31 bits per heavy atom. The zero-order valence-corrected chi connectivity index (χ0v) is 14.4. The van der Waals surface area contributed by atoms with Crippen LogP contribution in [0.5, 0.6) is 11.5 Å². The molecular formula is C18H17F2NO5. The predicted molar refractivity (Wildman–Crippen MR) is 90.1 cm³/mol. The minimum absolute atomic E-state index is 0.150. The summed E-state index contributed by atoms with van der Waals surface area (Å²) in [5.74, 6) is -2.71. The van der Waals surface area contributed by atoms with Gasteiger partial charge in [-0.25, -0.2) is 8.78 Å². The molecule has 0 saturated heterocycles. The van der Waals surface area contributed by atoms with Crippen molar-refractivity contribution in [1.82, 2.24) is 0 Å². The van der Waals surface area contributed by atoms with Crippen molar-refractivity contribution in [2.24, 2.45) is 0 Å². The molecule has 0 radical (unpaired) electrons. The number of Topliss-reactive ketones (excluding diaryl/α,β-unsaturated/α-hetero) is 1. The minimum atomic E-state index is -1.09. The highest BCUT2D eigenvalue weighted by atomic mass is 19.1. The highest BCUT2D eigenvalue weighted by molar-refractivity contribution is 6.10. The predicted octanol–water partition coefficient (Wildman–Crippen LogP) is 3.06. The van der Waals surface area contributed by atoms with Gasteiger partial charge in [0.05, 0.1) is 25.5 Å². The van der Waals surface area contributed by atoms with Crippen LogP contribution in [0.3, 0.4) is 0 Å². The van der Waals surface area contributed by atoms with E-state index in [-0.39, 0.29) is 11.3 Å². The lowest BCUT2D eigenvalue weighted by Gasteiger charge is -2.13. The quantitative estimate of drug-likeness (QED) is 0.764. The molecule has 138 valence electrons. The second kappa shape index (κ2) is 8.39. The van der Waals surface area contributed by atoms with Gasteiger partial charge in [-0.1, -0.05) is 0 Å². The molecule has 0 saturated carbocycles. The van der Waals surface area contributed by atoms with Gasteiger partial charge in [-0.2, -0.15) is 0 Å². The summed E-state index contributed by atoms with van der Waals surface area (Å²) in [6.07, 6.45) is 0. The SMILES string of the molecule is COCC(=O)c1c(F)cc(F)cc1NC(=O)c1ccc(OC)c(OC)c1. The smallest absolute Gasteiger partial charge is 0.255 e. The van der Waals surface area contributed by atoms with Gasteiger partial charge < -0.3 is 19.5 Å². The van der Waals surface area contributed by atoms with Crippen LogP contribution in [0.15, 0.2) is 30.3 Å². The number of benzene rings is 2. The van der Waals surface area contributed by atoms with E-state index in [1.165, 1.54) is 39.5 Å². The van der Waals surface area contributed by atoms with Crippen molar-refractivity contribution in [1.29, 1.82) is 0 Å². The summed E-state index contributed by atoms with van der Waals surface area (Å²) in [6, 6.07) is 5.79. The standard InChI is InChI=1S/C18H17F2NO5/c1-24-9-14(22)17-12(20)7-11(19)8-13(17)21-18(23)10-4-5-15(25-2)16(6-10)26-3/h4-8H,9H2,1-3H3,(H,21,23). The first-order valence-corrected chi connectivity index (χ1v) is 7.45. The number of ether oxygens (including phenoxy) is 3. The summed E-state index contributed by atoms with van der Waals surface area (Å²) in [5, 5.41) is 2.34. The highest BCUT2D eigenvalue weighted by Gasteiger charge is 2.21. The summed E-state index contributed by atoms with van der Waals surface area (Å²) < 4.78 is 42.5. The van der Waals surface area contributed by atoms with E-state index >= 15 is 0 Å². The second-order valence-electron chi connectivity index (χ2n) is 5.19. The van der Waals surface area contributed by atoms with Crippen LogP contribution in [-0.2, 0) is 4.74 Å². The Hall–Kier alpha value is -3.00. The van der Waals surface area contributed by atoms with E-state index in [4.69, 9.17) is 14.2 Å². The van der Waals surface area contributed by atoms with Gasteiger partial charge in [-0.05, 0) is 24.3 Å². The molecule has 6 nitrogen and oxygen atoms in total. The Balaban J connectivity index is 2.38. The van der Waals surface area contributed by atoms with Crippen molar-refractivity contribution in [3.63, 3.8) is 0 Å². The maximum absolute atomic E-state index is 14.1. The fraction of sp³-hybridized carbons (Fsp3) is 0.222. The molecule has 2 aromatic rings. The van der Waals surface area contributed by atoms with Crippen molar-refractivity contribution in [2.75, 3.05) is 33.3 Å². The van der Waals surface area contributed by atoms with Crippen LogP contribution in [0.2, 0.25) is 0 Å². The summed E-state index contributed by atoms with van der Waals surface area (Å²) in [7, 11) is 4.12. The Labute approximate surface area is 148 Å². The average molecular weight is 365 g/mol. The van der Waals surface area contributed by atoms with Crippen LogP contribution < -0.4 is 14.8 Å². The third-order valence-corrected chi connectivity index (χ3v) is 3.50. The van der Waals surface area contributed by atoms with Crippen molar-refractivity contribution in [3.05, 3.63) is 53.1 Å². The Bertz CT molecular complexity index is 839. The van der Waals surface area contributed by atoms with Crippen molar-refractivity contribution < 1.29 is 32.6 Å². The van der Waals surface area contributed by atoms with Crippen LogP contribution in [0.25, 0.3) is 0 Å². The lowest BCUT2D eigenvalue weighted by molar-refractivity contribution is 0.0845. The normalized spacial score (nSPS) is 10.3. The molecule has 26 heavy (non-hydrogen) atoms. The molecule has 0 spiro atoms. The first-order chi connectivity index (χ1) is 12.4. The summed E-state index contributed by atoms with van der Waals surface area (Å²) in [4.78, 5) is 24.5. The van der Waals surface area contributed by atoms with Gasteiger partial charge in [-0.3, -0.25) is 9.59 Å². The van der Waals surface area contributed by atoms with Gasteiger partial charge in [0.15, 0.2) is 17.3 Å². The monoisotopic (exact) mass is 365 g/mol. The van der Waals surface area contributed by atoms with Crippen LogP contribution in [-0.4, -0.2) is 39.6 Å². The second-order valence-corrected chi connectivity index (χ2v) is 5.19. The molecule has 0 aliphatic rings. The molecule has 2 rings (SSSR count). The number of carbonyl (C=O) groups is 2. The van der Waals surface area contributed by atoms with Crippen LogP contribution >= 0.6 is 0 Å². The number of hydrogen-bond donors (Lipinski definition) is 1. The molecule has 1 N–H and O–H groups in total. The number of rotatable bonds is 7. The Morgan fingerprint density at radius 2 is 1.69 bits per heavy atom. The maximum Gasteiger partial charge on any atom is 0.255 e. The number of ketones is 1. The van der Waals surface area contributed by atoms with E-state index < -0.39 is 35.5 Å². The number of amides is 1. The highest BCUT2D eigenvalue weighted by Crippen LogP contribution is 2.28. The molecule has 8 heteroatoms. The van der Waals surface area contributed by atoms with Gasteiger partial charge in [0, 0.05) is 18.7 Å². The molecule has 0 heterocycles. The third-order valence-electron chi connectivity index (χ3n) is 3.50. The minimum Gasteiger partial charge on any atom is -0.493 e. The van der Waals surface area contributed by atoms with Gasteiger partial charge in [0.2, 0.25) is 0 Å². The lowest BCUT2D eigenvalue weighted by Crippen LogP contribution is -2.18. The molecule has 0 aromatic heterocycles. The van der Waals surface area contributed by atoms with Crippen molar-refractivity contribution in [3.8, 4) is 11.5 Å². The Morgan fingerprint density at radius 1 is 1.00 bits per heavy atom. The third kappa shape index (κ3) is 4.15. The first kappa shape index (κ1) is 19.3. The van der Waals surface area contributed by atoms with Crippen LogP contribution in [0, 0.1) is 11.6 Å². The van der Waals surface area contributed by atoms with Crippen molar-refractivity contribution in [2.45, 2.75) is 0 Å². The number of anilines is 1. The summed E-state index contributed by atoms with van der Waals surface area (Å²) in [5.41, 5.74) is -0.594. The molecule has 0 aliphatic heterocycles. The fourth-order valence-corrected chi connectivity index (χ4v) is 2.33. The summed E-state index contributed by atoms with van der Waals surface area (Å²) in [6.45, 7) is -0.415. The largest absolute Gasteiger partial charge is 0.493 e. The first-order valence-electron chi connectivity index (χ1n) is 7.45. The Kier molecular flexibility index (Phi) is 6.24. The zero-order valence-electron chi connectivity index (χ0n) is 14.4. The number of carbonyl (C=O) groups excluding carboxylic acids is 2. The molecular weight excluding hydrogens is 348 g/mol. The molecule has 0 atom stereocenters. The van der Waals surface area contributed by atoms with E-state index in [0.29, 0.717) is 17.6 Å². The van der Waals surface area contributed by atoms with E-state index in [1.807, 2.05) is 0 Å². The molecule has 0 fully saturated rings. The van der Waals surface area contributed by atoms with E-state index in [9.17, 15) is 18.4 Å². The summed E-state index contributed by atoms with van der Waals surface area (Å²) >= 11 is 0. The van der Waals surface area contributed by atoms with Gasteiger partial charge >= 0.3 is 0 Å². The van der Waals surface area contributed by atoms with E-state index in [0.717, 1.165) is 6.07 Å². The van der Waals surface area contributed by atoms with Crippen molar-refractivity contribution >= 4 is 17.4 Å². The lowest BCUT2D eigenvalue weighted by atomic mass is 10.1. The van der Waals surface area contributed by atoms with Gasteiger partial charge in [0.1, 0.15) is 18.2 Å². The van der Waals surface area contributed by atoms with E-state index in [2.05, 4.69) is 5.32 Å². The van der Waals surface area contributed by atoms with E-state index in [1.54, 1.807) is 0 Å². The van der Waals surface area contributed by atoms with Crippen LogP contribution in [0.4, 0.5) is 14.5 Å². The fourth-order valence-electron chi connectivity index (χ4n) is 2.33. The van der Waals surface area contributed by atoms with Crippen LogP contribution in [0.1, 0.15) is 20.7 Å². The molecule has 2 aromatic carbocycles. The molecule has 0 bridgehead atoms. The topological polar surface area (TPSA) is 73.9 Å². The number of hydrogen-bond acceptors (Lipinski definition) is 5. The van der Waals surface area contributed by atoms with Gasteiger partial charge in [-0.15, -0.1) is 0 Å². The number of halogens is 2. The molecule has 1 amide bonds. The maximum atomic E-state index is 14.1. The number of nitrogens with one attached hydrogen (secondary N) is 1. The zero-order chi connectivity index (χ0) is 19.3. The molecule has 0 unspecified atom stereocenters. The molecule has 0 aliphatic carbocycles. The average Bonchev–Trinajstić information content (AvgIpc) is 2.60. The van der Waals surface area contributed by atoms with Gasteiger partial charge in [0.25, 0.3) is 5.91 Å². The number of methoxy groups -OCH3 is 3.